The van der Waals surface area contributed by atoms with Gasteiger partial charge in [-0.25, -0.2) is 13.1 Å². The van der Waals surface area contributed by atoms with Crippen molar-refractivity contribution in [2.75, 3.05) is 5.32 Å². The van der Waals surface area contributed by atoms with Crippen molar-refractivity contribution in [2.45, 2.75) is 56.0 Å². The zero-order valence-corrected chi connectivity index (χ0v) is 12.6. The maximum absolute atomic E-state index is 12.4. The molecule has 0 spiro atoms. The zero-order chi connectivity index (χ0) is 14.2. The molecule has 0 radical (unpaired) electrons. The minimum absolute atomic E-state index is 0.136. The van der Waals surface area contributed by atoms with Crippen molar-refractivity contribution in [1.82, 2.24) is 4.72 Å². The SMILES string of the molecule is CC(Nc1ccccc1S(=O)(=O)NC1CC1)C1CCC1. The van der Waals surface area contributed by atoms with Gasteiger partial charge in [0.05, 0.1) is 5.69 Å². The second kappa shape index (κ2) is 5.37. The Balaban J connectivity index is 1.79. The molecule has 110 valence electrons. The Kier molecular flexibility index (Phi) is 3.73. The van der Waals surface area contributed by atoms with E-state index in [4.69, 9.17) is 0 Å². The van der Waals surface area contributed by atoms with Crippen molar-refractivity contribution in [2.24, 2.45) is 5.92 Å². The van der Waals surface area contributed by atoms with Crippen LogP contribution in [0.4, 0.5) is 5.69 Å². The predicted octanol–water partition coefficient (Wildman–Crippen LogP) is 2.73. The fraction of sp³-hybridized carbons (Fsp3) is 0.600. The zero-order valence-electron chi connectivity index (χ0n) is 11.8. The van der Waals surface area contributed by atoms with Crippen LogP contribution in [0.3, 0.4) is 0 Å². The van der Waals surface area contributed by atoms with Gasteiger partial charge in [0.25, 0.3) is 0 Å². The summed E-state index contributed by atoms with van der Waals surface area (Å²) < 4.78 is 27.5. The standard InChI is InChI=1S/C15H22N2O2S/c1-11(12-5-4-6-12)16-14-7-2-3-8-15(14)20(18,19)17-13-9-10-13/h2-3,7-8,11-13,16-17H,4-6,9-10H2,1H3. The van der Waals surface area contributed by atoms with E-state index in [0.29, 0.717) is 16.9 Å². The molecule has 3 rings (SSSR count). The molecular formula is C15H22N2O2S. The first-order chi connectivity index (χ1) is 9.56. The van der Waals surface area contributed by atoms with Crippen LogP contribution in [0.1, 0.15) is 39.0 Å². The van der Waals surface area contributed by atoms with E-state index in [1.165, 1.54) is 19.3 Å². The highest BCUT2D eigenvalue weighted by atomic mass is 32.2. The molecule has 2 fully saturated rings. The highest BCUT2D eigenvalue weighted by molar-refractivity contribution is 7.89. The Morgan fingerprint density at radius 1 is 1.15 bits per heavy atom. The predicted molar refractivity (Wildman–Crippen MR) is 80.2 cm³/mol. The number of rotatable bonds is 6. The quantitative estimate of drug-likeness (QED) is 0.848. The molecular weight excluding hydrogens is 272 g/mol. The molecule has 2 aliphatic rings. The highest BCUT2D eigenvalue weighted by Crippen LogP contribution is 2.32. The van der Waals surface area contributed by atoms with Gasteiger partial charge in [0, 0.05) is 12.1 Å². The van der Waals surface area contributed by atoms with Gasteiger partial charge < -0.3 is 5.32 Å². The second-order valence-corrected chi connectivity index (χ2v) is 7.70. The monoisotopic (exact) mass is 294 g/mol. The summed E-state index contributed by atoms with van der Waals surface area (Å²) in [6, 6.07) is 7.65. The minimum Gasteiger partial charge on any atom is -0.381 e. The van der Waals surface area contributed by atoms with E-state index in [2.05, 4.69) is 17.0 Å². The summed E-state index contributed by atoms with van der Waals surface area (Å²) >= 11 is 0. The summed E-state index contributed by atoms with van der Waals surface area (Å²) in [5.41, 5.74) is 0.722. The van der Waals surface area contributed by atoms with Crippen LogP contribution in [0.5, 0.6) is 0 Å². The topological polar surface area (TPSA) is 58.2 Å². The second-order valence-electron chi connectivity index (χ2n) is 6.02. The van der Waals surface area contributed by atoms with Crippen molar-refractivity contribution in [3.05, 3.63) is 24.3 Å². The van der Waals surface area contributed by atoms with Crippen molar-refractivity contribution < 1.29 is 8.42 Å². The number of hydrogen-bond acceptors (Lipinski definition) is 3. The molecule has 4 nitrogen and oxygen atoms in total. The number of sulfonamides is 1. The number of nitrogens with one attached hydrogen (secondary N) is 2. The number of hydrogen-bond donors (Lipinski definition) is 2. The van der Waals surface area contributed by atoms with Gasteiger partial charge >= 0.3 is 0 Å². The third-order valence-electron chi connectivity index (χ3n) is 4.32. The number of para-hydroxylation sites is 1. The van der Waals surface area contributed by atoms with Crippen LogP contribution in [0.15, 0.2) is 29.2 Å². The molecule has 1 aromatic rings. The van der Waals surface area contributed by atoms with Crippen molar-refractivity contribution in [3.63, 3.8) is 0 Å². The van der Waals surface area contributed by atoms with Crippen LogP contribution in [-0.2, 0) is 10.0 Å². The van der Waals surface area contributed by atoms with Crippen LogP contribution >= 0.6 is 0 Å². The van der Waals surface area contributed by atoms with Gasteiger partial charge in [-0.2, -0.15) is 0 Å². The molecule has 2 saturated carbocycles. The Bertz CT molecular complexity index is 577. The third kappa shape index (κ3) is 2.99. The Morgan fingerprint density at radius 3 is 2.45 bits per heavy atom. The van der Waals surface area contributed by atoms with Crippen LogP contribution in [0.2, 0.25) is 0 Å². The molecule has 1 unspecified atom stereocenters. The first-order valence-corrected chi connectivity index (χ1v) is 8.92. The third-order valence-corrected chi connectivity index (χ3v) is 5.89. The van der Waals surface area contributed by atoms with Gasteiger partial charge in [0.1, 0.15) is 4.90 Å². The van der Waals surface area contributed by atoms with E-state index < -0.39 is 10.0 Å². The highest BCUT2D eigenvalue weighted by Gasteiger charge is 2.30. The van der Waals surface area contributed by atoms with E-state index in [1.807, 2.05) is 12.1 Å². The van der Waals surface area contributed by atoms with Gasteiger partial charge in [-0.05, 0) is 50.7 Å². The average molecular weight is 294 g/mol. The first kappa shape index (κ1) is 13.9. The summed E-state index contributed by atoms with van der Waals surface area (Å²) in [5, 5.41) is 3.39. The molecule has 20 heavy (non-hydrogen) atoms. The smallest absolute Gasteiger partial charge is 0.242 e. The lowest BCUT2D eigenvalue weighted by Crippen LogP contribution is -2.32. The number of anilines is 1. The molecule has 1 aromatic carbocycles. The van der Waals surface area contributed by atoms with E-state index in [0.717, 1.165) is 18.5 Å². The van der Waals surface area contributed by atoms with E-state index in [1.54, 1.807) is 12.1 Å². The van der Waals surface area contributed by atoms with E-state index in [9.17, 15) is 8.42 Å². The molecule has 0 bridgehead atoms. The molecule has 1 atom stereocenters. The van der Waals surface area contributed by atoms with Gasteiger partial charge in [0.2, 0.25) is 10.0 Å². The fourth-order valence-corrected chi connectivity index (χ4v) is 4.08. The normalized spacial score (nSPS) is 21.2. The maximum atomic E-state index is 12.4. The minimum atomic E-state index is -3.40. The average Bonchev–Trinajstić information content (AvgIpc) is 3.10. The molecule has 5 heteroatoms. The molecule has 0 heterocycles. The van der Waals surface area contributed by atoms with E-state index >= 15 is 0 Å². The lowest BCUT2D eigenvalue weighted by atomic mass is 9.80. The lowest BCUT2D eigenvalue weighted by Gasteiger charge is -2.33. The van der Waals surface area contributed by atoms with Gasteiger partial charge in [-0.1, -0.05) is 18.6 Å². The van der Waals surface area contributed by atoms with Crippen LogP contribution in [-0.4, -0.2) is 20.5 Å². The maximum Gasteiger partial charge on any atom is 0.242 e. The first-order valence-electron chi connectivity index (χ1n) is 7.44. The van der Waals surface area contributed by atoms with Crippen LogP contribution < -0.4 is 10.0 Å². The summed E-state index contributed by atoms with van der Waals surface area (Å²) in [5.74, 6) is 0.669. The molecule has 0 aromatic heterocycles. The van der Waals surface area contributed by atoms with Crippen LogP contribution in [0.25, 0.3) is 0 Å². The Hall–Kier alpha value is -1.07. The molecule has 0 saturated heterocycles. The van der Waals surface area contributed by atoms with E-state index in [-0.39, 0.29) is 6.04 Å². The summed E-state index contributed by atoms with van der Waals surface area (Å²) in [7, 11) is -3.40. The molecule has 0 aliphatic heterocycles. The van der Waals surface area contributed by atoms with Crippen LogP contribution in [0, 0.1) is 5.92 Å². The van der Waals surface area contributed by atoms with Crippen molar-refractivity contribution in [3.8, 4) is 0 Å². The number of benzene rings is 1. The van der Waals surface area contributed by atoms with Gasteiger partial charge in [-0.3, -0.25) is 0 Å². The lowest BCUT2D eigenvalue weighted by molar-refractivity contribution is 0.285. The largest absolute Gasteiger partial charge is 0.381 e. The van der Waals surface area contributed by atoms with Crippen molar-refractivity contribution in [1.29, 1.82) is 0 Å². The molecule has 0 amide bonds. The van der Waals surface area contributed by atoms with Gasteiger partial charge in [-0.15, -0.1) is 0 Å². The Morgan fingerprint density at radius 2 is 1.85 bits per heavy atom. The summed E-state index contributed by atoms with van der Waals surface area (Å²) in [6.45, 7) is 2.14. The summed E-state index contributed by atoms with van der Waals surface area (Å²) in [6.07, 6.45) is 5.67. The fourth-order valence-electron chi connectivity index (χ4n) is 2.61. The Labute approximate surface area is 121 Å². The molecule has 2 N–H and O–H groups in total. The van der Waals surface area contributed by atoms with Gasteiger partial charge in [0.15, 0.2) is 0 Å². The van der Waals surface area contributed by atoms with Crippen molar-refractivity contribution >= 4 is 15.7 Å². The molecule has 2 aliphatic carbocycles. The summed E-state index contributed by atoms with van der Waals surface area (Å²) in [4.78, 5) is 0.373.